The lowest BCUT2D eigenvalue weighted by molar-refractivity contribution is 0.0205. The van der Waals surface area contributed by atoms with E-state index in [4.69, 9.17) is 14.5 Å². The van der Waals surface area contributed by atoms with Crippen molar-refractivity contribution in [3.63, 3.8) is 0 Å². The van der Waals surface area contributed by atoms with Crippen LogP contribution in [-0.4, -0.2) is 51.5 Å². The van der Waals surface area contributed by atoms with Gasteiger partial charge in [0.1, 0.15) is 0 Å². The van der Waals surface area contributed by atoms with Crippen LogP contribution in [-0.2, 0) is 9.47 Å². The summed E-state index contributed by atoms with van der Waals surface area (Å²) in [5.74, 6) is 2.18. The molecule has 1 saturated heterocycles. The van der Waals surface area contributed by atoms with Gasteiger partial charge in [0.2, 0.25) is 0 Å². The van der Waals surface area contributed by atoms with Gasteiger partial charge in [-0.1, -0.05) is 28.1 Å². The maximum absolute atomic E-state index is 5.82. The fourth-order valence-electron chi connectivity index (χ4n) is 3.45. The molecule has 2 unspecified atom stereocenters. The molecule has 3 rings (SSSR count). The molecule has 1 aromatic rings. The number of ether oxygens (including phenoxy) is 2. The highest BCUT2D eigenvalue weighted by atomic mass is 79.9. The summed E-state index contributed by atoms with van der Waals surface area (Å²) in [6, 6.07) is 9.12. The van der Waals surface area contributed by atoms with Crippen molar-refractivity contribution in [1.29, 1.82) is 0 Å². The molecule has 1 heterocycles. The van der Waals surface area contributed by atoms with Crippen molar-refractivity contribution < 1.29 is 9.47 Å². The molecule has 1 aromatic carbocycles. The minimum Gasteiger partial charge on any atom is -0.381 e. The largest absolute Gasteiger partial charge is 0.381 e. The van der Waals surface area contributed by atoms with Gasteiger partial charge in [0.25, 0.3) is 0 Å². The molecule has 1 aliphatic heterocycles. The summed E-state index contributed by atoms with van der Waals surface area (Å²) in [6.07, 6.45) is 4.39. The van der Waals surface area contributed by atoms with Crippen molar-refractivity contribution >= 4 is 21.9 Å². The van der Waals surface area contributed by atoms with Crippen LogP contribution in [0.5, 0.6) is 0 Å². The van der Waals surface area contributed by atoms with Crippen LogP contribution in [0.4, 0.5) is 0 Å². The zero-order valence-corrected chi connectivity index (χ0v) is 17.8. The van der Waals surface area contributed by atoms with E-state index in [1.165, 1.54) is 12.0 Å². The zero-order chi connectivity index (χ0) is 18.9. The SMILES string of the molecule is CCNC(=NCCCOCC1CCOCC1)NC1CC1c1ccc(Br)cc1. The second-order valence-electron chi connectivity index (χ2n) is 7.39. The lowest BCUT2D eigenvalue weighted by Crippen LogP contribution is -2.39. The summed E-state index contributed by atoms with van der Waals surface area (Å²) in [6.45, 7) is 7.19. The van der Waals surface area contributed by atoms with Crippen molar-refractivity contribution in [2.45, 2.75) is 44.6 Å². The van der Waals surface area contributed by atoms with E-state index in [1.807, 2.05) is 0 Å². The van der Waals surface area contributed by atoms with Gasteiger partial charge in [-0.25, -0.2) is 0 Å². The first kappa shape index (κ1) is 20.6. The Morgan fingerprint density at radius 3 is 2.78 bits per heavy atom. The molecule has 6 heteroatoms. The fourth-order valence-corrected chi connectivity index (χ4v) is 3.71. The van der Waals surface area contributed by atoms with Gasteiger partial charge in [0.05, 0.1) is 0 Å². The maximum Gasteiger partial charge on any atom is 0.191 e. The quantitative estimate of drug-likeness (QED) is 0.351. The molecule has 2 fully saturated rings. The molecular formula is C21H32BrN3O2. The second-order valence-corrected chi connectivity index (χ2v) is 8.31. The zero-order valence-electron chi connectivity index (χ0n) is 16.3. The number of guanidine groups is 1. The van der Waals surface area contributed by atoms with Gasteiger partial charge in [-0.05, 0) is 56.2 Å². The molecule has 2 aliphatic rings. The predicted molar refractivity (Wildman–Crippen MR) is 113 cm³/mol. The Morgan fingerprint density at radius 1 is 1.26 bits per heavy atom. The molecule has 5 nitrogen and oxygen atoms in total. The molecule has 0 bridgehead atoms. The molecule has 0 amide bonds. The molecule has 2 atom stereocenters. The molecular weight excluding hydrogens is 406 g/mol. The number of hydrogen-bond acceptors (Lipinski definition) is 3. The van der Waals surface area contributed by atoms with E-state index in [1.54, 1.807) is 0 Å². The van der Waals surface area contributed by atoms with Crippen LogP contribution in [0.3, 0.4) is 0 Å². The minimum atomic E-state index is 0.480. The summed E-state index contributed by atoms with van der Waals surface area (Å²) >= 11 is 3.50. The Bertz CT molecular complexity index is 588. The number of hydrogen-bond donors (Lipinski definition) is 2. The second kappa shape index (κ2) is 11.0. The molecule has 27 heavy (non-hydrogen) atoms. The number of nitrogens with one attached hydrogen (secondary N) is 2. The van der Waals surface area contributed by atoms with Gasteiger partial charge >= 0.3 is 0 Å². The van der Waals surface area contributed by atoms with E-state index in [-0.39, 0.29) is 0 Å². The van der Waals surface area contributed by atoms with Crippen molar-refractivity contribution in [1.82, 2.24) is 10.6 Å². The summed E-state index contributed by atoms with van der Waals surface area (Å²) in [4.78, 5) is 4.71. The van der Waals surface area contributed by atoms with E-state index >= 15 is 0 Å². The minimum absolute atomic E-state index is 0.480. The van der Waals surface area contributed by atoms with Crippen molar-refractivity contribution in [3.8, 4) is 0 Å². The van der Waals surface area contributed by atoms with E-state index < -0.39 is 0 Å². The highest BCUT2D eigenvalue weighted by Crippen LogP contribution is 2.40. The van der Waals surface area contributed by atoms with E-state index in [0.29, 0.717) is 17.9 Å². The van der Waals surface area contributed by atoms with Crippen LogP contribution < -0.4 is 10.6 Å². The topological polar surface area (TPSA) is 54.9 Å². The van der Waals surface area contributed by atoms with Crippen molar-refractivity contribution in [2.24, 2.45) is 10.9 Å². The third kappa shape index (κ3) is 7.09. The van der Waals surface area contributed by atoms with E-state index in [0.717, 1.165) is 69.2 Å². The van der Waals surface area contributed by atoms with Crippen LogP contribution in [0.15, 0.2) is 33.7 Å². The Hall–Kier alpha value is -1.11. The summed E-state index contributed by atoms with van der Waals surface area (Å²) in [5.41, 5.74) is 1.40. The van der Waals surface area contributed by atoms with E-state index in [2.05, 4.69) is 57.8 Å². The van der Waals surface area contributed by atoms with Crippen LogP contribution >= 0.6 is 15.9 Å². The standard InChI is InChI=1S/C21H32BrN3O2/c1-2-23-21(24-10-3-11-27-15-16-8-12-26-13-9-16)25-20-14-19(20)17-4-6-18(22)7-5-17/h4-7,16,19-20H,2-3,8-15H2,1H3,(H2,23,24,25). The van der Waals surface area contributed by atoms with Crippen LogP contribution in [0.1, 0.15) is 44.1 Å². The van der Waals surface area contributed by atoms with E-state index in [9.17, 15) is 0 Å². The first-order chi connectivity index (χ1) is 13.3. The lowest BCUT2D eigenvalue weighted by atomic mass is 10.0. The van der Waals surface area contributed by atoms with Crippen LogP contribution in [0.25, 0.3) is 0 Å². The Balaban J connectivity index is 1.34. The average molecular weight is 438 g/mol. The van der Waals surface area contributed by atoms with Crippen LogP contribution in [0, 0.1) is 5.92 Å². The third-order valence-electron chi connectivity index (χ3n) is 5.17. The maximum atomic E-state index is 5.82. The van der Waals surface area contributed by atoms with Crippen molar-refractivity contribution in [3.05, 3.63) is 34.3 Å². The predicted octanol–water partition coefficient (Wildman–Crippen LogP) is 3.69. The fraction of sp³-hybridized carbons (Fsp3) is 0.667. The highest BCUT2D eigenvalue weighted by molar-refractivity contribution is 9.10. The van der Waals surface area contributed by atoms with Crippen molar-refractivity contribution in [2.75, 3.05) is 39.5 Å². The molecule has 150 valence electrons. The number of aliphatic imine (C=N–C) groups is 1. The Kier molecular flexibility index (Phi) is 8.42. The van der Waals surface area contributed by atoms with Gasteiger partial charge < -0.3 is 20.1 Å². The summed E-state index contributed by atoms with van der Waals surface area (Å²) < 4.78 is 12.3. The molecule has 1 aliphatic carbocycles. The van der Waals surface area contributed by atoms with Gasteiger partial charge in [-0.2, -0.15) is 0 Å². The molecule has 0 aromatic heterocycles. The third-order valence-corrected chi connectivity index (χ3v) is 5.69. The first-order valence-corrected chi connectivity index (χ1v) is 11.0. The summed E-state index contributed by atoms with van der Waals surface area (Å²) in [7, 11) is 0. The monoisotopic (exact) mass is 437 g/mol. The first-order valence-electron chi connectivity index (χ1n) is 10.2. The Morgan fingerprint density at radius 2 is 2.04 bits per heavy atom. The molecule has 2 N–H and O–H groups in total. The van der Waals surface area contributed by atoms with Gasteiger partial charge in [0.15, 0.2) is 5.96 Å². The number of halogens is 1. The van der Waals surface area contributed by atoms with Gasteiger partial charge in [-0.3, -0.25) is 4.99 Å². The smallest absolute Gasteiger partial charge is 0.191 e. The number of rotatable bonds is 9. The highest BCUT2D eigenvalue weighted by Gasteiger charge is 2.38. The number of benzene rings is 1. The number of nitrogens with zero attached hydrogens (tertiary/aromatic N) is 1. The molecule has 1 saturated carbocycles. The summed E-state index contributed by atoms with van der Waals surface area (Å²) in [5, 5.41) is 6.92. The molecule has 0 spiro atoms. The van der Waals surface area contributed by atoms with Gasteiger partial charge in [0, 0.05) is 55.9 Å². The van der Waals surface area contributed by atoms with Gasteiger partial charge in [-0.15, -0.1) is 0 Å². The Labute approximate surface area is 171 Å². The average Bonchev–Trinajstić information content (AvgIpc) is 3.45. The molecule has 0 radical (unpaired) electrons. The van der Waals surface area contributed by atoms with Crippen LogP contribution in [0.2, 0.25) is 0 Å². The normalized spacial score (nSPS) is 23.3. The lowest BCUT2D eigenvalue weighted by Gasteiger charge is -2.21.